The second-order valence-corrected chi connectivity index (χ2v) is 8.33. The molecule has 1 fully saturated rings. The lowest BCUT2D eigenvalue weighted by molar-refractivity contribution is -0.139. The van der Waals surface area contributed by atoms with Crippen molar-refractivity contribution in [2.75, 3.05) is 0 Å². The number of phenolic OH excluding ortho intramolecular Hbond substituents is 1. The number of carbonyl (C=O) groups excluding carboxylic acids is 1. The zero-order chi connectivity index (χ0) is 21.6. The number of hydrogen-bond acceptors (Lipinski definition) is 3. The molecule has 0 bridgehead atoms. The number of carboxylic acids is 1. The van der Waals surface area contributed by atoms with Crippen LogP contribution in [0.3, 0.4) is 0 Å². The van der Waals surface area contributed by atoms with Gasteiger partial charge >= 0.3 is 5.97 Å². The first kappa shape index (κ1) is 20.4. The van der Waals surface area contributed by atoms with Gasteiger partial charge < -0.3 is 10.2 Å². The van der Waals surface area contributed by atoms with Gasteiger partial charge in [-0.15, -0.1) is 0 Å². The Kier molecular flexibility index (Phi) is 5.28. The monoisotopic (exact) mass is 429 g/mol. The van der Waals surface area contributed by atoms with Crippen molar-refractivity contribution in [1.29, 1.82) is 0 Å². The van der Waals surface area contributed by atoms with Gasteiger partial charge in [0.1, 0.15) is 0 Å². The van der Waals surface area contributed by atoms with Gasteiger partial charge in [-0.1, -0.05) is 36.9 Å². The summed E-state index contributed by atoms with van der Waals surface area (Å²) < 4.78 is 15.5. The Morgan fingerprint density at radius 1 is 1.27 bits per heavy atom. The van der Waals surface area contributed by atoms with Crippen LogP contribution in [-0.2, 0) is 4.79 Å². The molecule has 156 valence electrons. The topological polar surface area (TPSA) is 79.5 Å². The average molecular weight is 430 g/mol. The lowest BCUT2D eigenvalue weighted by atomic mass is 9.77. The predicted molar refractivity (Wildman–Crippen MR) is 112 cm³/mol. The maximum absolute atomic E-state index is 14.2. The number of carbonyl (C=O) groups is 2. The normalized spacial score (nSPS) is 15.2. The van der Waals surface area contributed by atoms with E-state index in [2.05, 4.69) is 0 Å². The van der Waals surface area contributed by atoms with E-state index in [9.17, 15) is 24.2 Å². The summed E-state index contributed by atoms with van der Waals surface area (Å²) in [6.45, 7) is 1.66. The molecule has 0 spiro atoms. The fourth-order valence-corrected chi connectivity index (χ4v) is 4.49. The summed E-state index contributed by atoms with van der Waals surface area (Å²) in [6.07, 6.45) is 3.47. The molecule has 1 atom stereocenters. The SMILES string of the molecule is Cc1c([C@H](CC2CCC2)C(=O)O)c2cc(O)c(F)cc2n1C(=O)c1cccc(Cl)c1. The van der Waals surface area contributed by atoms with Gasteiger partial charge in [0.15, 0.2) is 11.6 Å². The van der Waals surface area contributed by atoms with E-state index < -0.39 is 29.4 Å². The van der Waals surface area contributed by atoms with E-state index in [0.717, 1.165) is 25.3 Å². The highest BCUT2D eigenvalue weighted by Gasteiger charge is 2.33. The number of halogens is 2. The minimum Gasteiger partial charge on any atom is -0.505 e. The van der Waals surface area contributed by atoms with Crippen LogP contribution < -0.4 is 0 Å². The average Bonchev–Trinajstić information content (AvgIpc) is 2.92. The highest BCUT2D eigenvalue weighted by atomic mass is 35.5. The van der Waals surface area contributed by atoms with Crippen molar-refractivity contribution >= 4 is 34.4 Å². The molecule has 0 amide bonds. The number of aromatic hydroxyl groups is 1. The molecule has 1 saturated carbocycles. The number of nitrogens with zero attached hydrogens (tertiary/aromatic N) is 1. The van der Waals surface area contributed by atoms with Gasteiger partial charge in [-0.05, 0) is 49.1 Å². The fourth-order valence-electron chi connectivity index (χ4n) is 4.30. The lowest BCUT2D eigenvalue weighted by Crippen LogP contribution is -2.21. The first-order chi connectivity index (χ1) is 14.3. The standard InChI is InChI=1S/C23H21ClFNO4/c1-12-21(17(23(29)30)8-13-4-2-5-13)16-10-20(27)18(25)11-19(16)26(12)22(28)14-6-3-7-15(24)9-14/h3,6-7,9-11,13,17,27H,2,4-5,8H2,1H3,(H,29,30)/t17-/m0/s1. The zero-order valence-corrected chi connectivity index (χ0v) is 17.1. The molecule has 1 heterocycles. The minimum absolute atomic E-state index is 0.225. The molecule has 0 aliphatic heterocycles. The van der Waals surface area contributed by atoms with E-state index in [1.807, 2.05) is 0 Å². The number of phenols is 1. The van der Waals surface area contributed by atoms with Crippen LogP contribution in [0.15, 0.2) is 36.4 Å². The van der Waals surface area contributed by atoms with Crippen molar-refractivity contribution in [2.45, 2.75) is 38.5 Å². The number of hydrogen-bond donors (Lipinski definition) is 2. The van der Waals surface area contributed by atoms with Crippen molar-refractivity contribution in [1.82, 2.24) is 4.57 Å². The fraction of sp³-hybridized carbons (Fsp3) is 0.304. The number of fused-ring (bicyclic) bond motifs is 1. The maximum Gasteiger partial charge on any atom is 0.311 e. The van der Waals surface area contributed by atoms with Gasteiger partial charge in [-0.2, -0.15) is 0 Å². The van der Waals surface area contributed by atoms with Gasteiger partial charge in [-0.25, -0.2) is 4.39 Å². The predicted octanol–water partition coefficient (Wildman–Crippen LogP) is 5.49. The van der Waals surface area contributed by atoms with Gasteiger partial charge in [-0.3, -0.25) is 14.2 Å². The highest BCUT2D eigenvalue weighted by Crippen LogP contribution is 2.41. The highest BCUT2D eigenvalue weighted by molar-refractivity contribution is 6.31. The van der Waals surface area contributed by atoms with Crippen molar-refractivity contribution in [3.05, 3.63) is 64.1 Å². The van der Waals surface area contributed by atoms with Gasteiger partial charge in [0.25, 0.3) is 5.91 Å². The van der Waals surface area contributed by atoms with Crippen LogP contribution >= 0.6 is 11.6 Å². The Morgan fingerprint density at radius 2 is 2.00 bits per heavy atom. The molecule has 1 aliphatic rings. The molecular formula is C23H21ClFNO4. The van der Waals surface area contributed by atoms with E-state index >= 15 is 0 Å². The maximum atomic E-state index is 14.2. The van der Waals surface area contributed by atoms with E-state index in [-0.39, 0.29) is 5.52 Å². The summed E-state index contributed by atoms with van der Waals surface area (Å²) in [7, 11) is 0. The van der Waals surface area contributed by atoms with E-state index in [4.69, 9.17) is 11.6 Å². The van der Waals surface area contributed by atoms with Crippen LogP contribution in [0.5, 0.6) is 5.75 Å². The molecule has 4 rings (SSSR count). The van der Waals surface area contributed by atoms with E-state index in [1.54, 1.807) is 25.1 Å². The Bertz CT molecular complexity index is 1170. The third-order valence-electron chi connectivity index (χ3n) is 6.04. The Labute approximate surface area is 177 Å². The van der Waals surface area contributed by atoms with Crippen LogP contribution in [0, 0.1) is 18.7 Å². The summed E-state index contributed by atoms with van der Waals surface area (Å²) in [6, 6.07) is 8.67. The summed E-state index contributed by atoms with van der Waals surface area (Å²) in [4.78, 5) is 25.5. The number of benzene rings is 2. The van der Waals surface area contributed by atoms with Crippen molar-refractivity contribution in [2.24, 2.45) is 5.92 Å². The van der Waals surface area contributed by atoms with Crippen molar-refractivity contribution in [3.63, 3.8) is 0 Å². The molecule has 0 saturated heterocycles. The molecule has 0 unspecified atom stereocenters. The van der Waals surface area contributed by atoms with Gasteiger partial charge in [0.05, 0.1) is 11.4 Å². The van der Waals surface area contributed by atoms with Crippen LogP contribution in [-0.4, -0.2) is 26.7 Å². The molecule has 7 heteroatoms. The first-order valence-corrected chi connectivity index (χ1v) is 10.2. The molecule has 1 aromatic heterocycles. The minimum atomic E-state index is -0.997. The van der Waals surface area contributed by atoms with Crippen LogP contribution in [0.2, 0.25) is 5.02 Å². The van der Waals surface area contributed by atoms with Crippen molar-refractivity contribution in [3.8, 4) is 5.75 Å². The van der Waals surface area contributed by atoms with Crippen molar-refractivity contribution < 1.29 is 24.2 Å². The summed E-state index contributed by atoms with van der Waals surface area (Å²) in [5, 5.41) is 20.7. The molecule has 2 aromatic carbocycles. The van der Waals surface area contributed by atoms with Crippen LogP contribution in [0.25, 0.3) is 10.9 Å². The molecule has 30 heavy (non-hydrogen) atoms. The van der Waals surface area contributed by atoms with E-state index in [0.29, 0.717) is 39.6 Å². The third kappa shape index (κ3) is 3.45. The zero-order valence-electron chi connectivity index (χ0n) is 16.4. The number of aromatic nitrogens is 1. The molecule has 1 aliphatic carbocycles. The van der Waals surface area contributed by atoms with Crippen LogP contribution in [0.4, 0.5) is 4.39 Å². The molecule has 2 N–H and O–H groups in total. The largest absolute Gasteiger partial charge is 0.505 e. The summed E-state index contributed by atoms with van der Waals surface area (Å²) >= 11 is 6.03. The number of rotatable bonds is 5. The second kappa shape index (κ2) is 7.76. The van der Waals surface area contributed by atoms with Gasteiger partial charge in [0.2, 0.25) is 0 Å². The summed E-state index contributed by atoms with van der Waals surface area (Å²) in [5.41, 5.74) is 1.39. The van der Waals surface area contributed by atoms with Gasteiger partial charge in [0, 0.05) is 27.7 Å². The first-order valence-electron chi connectivity index (χ1n) is 9.84. The molecule has 3 aromatic rings. The summed E-state index contributed by atoms with van der Waals surface area (Å²) in [5.74, 6) is -3.44. The second-order valence-electron chi connectivity index (χ2n) is 7.89. The third-order valence-corrected chi connectivity index (χ3v) is 6.27. The van der Waals surface area contributed by atoms with E-state index in [1.165, 1.54) is 16.7 Å². The lowest BCUT2D eigenvalue weighted by Gasteiger charge is -2.28. The smallest absolute Gasteiger partial charge is 0.311 e. The number of aliphatic carboxylic acids is 1. The Morgan fingerprint density at radius 3 is 2.60 bits per heavy atom. The molecular weight excluding hydrogens is 409 g/mol. The Balaban J connectivity index is 1.94. The number of carboxylic acid groups (broad SMARTS) is 1. The quantitative estimate of drug-likeness (QED) is 0.561. The Hall–Kier alpha value is -2.86. The van der Waals surface area contributed by atoms with Crippen LogP contribution in [0.1, 0.15) is 53.2 Å². The molecule has 5 nitrogen and oxygen atoms in total. The molecule has 0 radical (unpaired) electrons.